The first-order valence-electron chi connectivity index (χ1n) is 7.47. The lowest BCUT2D eigenvalue weighted by molar-refractivity contribution is 0.215. The molecular weight excluding hydrogens is 236 g/mol. The smallest absolute Gasteiger partial charge is 0.122 e. The number of nitrogens with one attached hydrogen (secondary N) is 1. The predicted molar refractivity (Wildman–Crippen MR) is 79.8 cm³/mol. The molecule has 0 aromatic heterocycles. The molecule has 1 aromatic carbocycles. The molecule has 19 heavy (non-hydrogen) atoms. The van der Waals surface area contributed by atoms with Crippen molar-refractivity contribution in [2.24, 2.45) is 5.92 Å². The number of rotatable bonds is 7. The van der Waals surface area contributed by atoms with Crippen molar-refractivity contribution < 1.29 is 4.74 Å². The van der Waals surface area contributed by atoms with Gasteiger partial charge in [0, 0.05) is 25.6 Å². The second-order valence-corrected chi connectivity index (χ2v) is 5.22. The van der Waals surface area contributed by atoms with Crippen LogP contribution >= 0.6 is 0 Å². The fourth-order valence-electron chi connectivity index (χ4n) is 2.61. The summed E-state index contributed by atoms with van der Waals surface area (Å²) in [7, 11) is 0. The van der Waals surface area contributed by atoms with Crippen molar-refractivity contribution in [1.82, 2.24) is 10.2 Å². The first-order valence-corrected chi connectivity index (χ1v) is 7.47. The van der Waals surface area contributed by atoms with Crippen LogP contribution in [0.2, 0.25) is 0 Å². The summed E-state index contributed by atoms with van der Waals surface area (Å²) in [6, 6.07) is 8.39. The van der Waals surface area contributed by atoms with Crippen LogP contribution in [0.25, 0.3) is 0 Å². The molecule has 0 radical (unpaired) electrons. The minimum atomic E-state index is 0.603. The first kappa shape index (κ1) is 14.4. The van der Waals surface area contributed by atoms with Crippen LogP contribution in [0, 0.1) is 5.92 Å². The molecule has 3 nitrogen and oxygen atoms in total. The van der Waals surface area contributed by atoms with Gasteiger partial charge in [-0.2, -0.15) is 0 Å². The number of hydrogen-bond acceptors (Lipinski definition) is 3. The van der Waals surface area contributed by atoms with Gasteiger partial charge in [-0.3, -0.25) is 0 Å². The first-order chi connectivity index (χ1) is 9.33. The van der Waals surface area contributed by atoms with Gasteiger partial charge in [0.15, 0.2) is 0 Å². The molecule has 0 saturated heterocycles. The highest BCUT2D eigenvalue weighted by molar-refractivity contribution is 5.35. The van der Waals surface area contributed by atoms with E-state index in [4.69, 9.17) is 4.74 Å². The summed E-state index contributed by atoms with van der Waals surface area (Å²) in [4.78, 5) is 2.44. The summed E-state index contributed by atoms with van der Waals surface area (Å²) >= 11 is 0. The monoisotopic (exact) mass is 262 g/mol. The normalized spacial score (nSPS) is 18.2. The number of ether oxygens (including phenoxy) is 1. The van der Waals surface area contributed by atoms with E-state index in [1.165, 1.54) is 5.56 Å². The van der Waals surface area contributed by atoms with E-state index in [9.17, 15) is 0 Å². The maximum atomic E-state index is 5.81. The summed E-state index contributed by atoms with van der Waals surface area (Å²) in [5, 5.41) is 3.56. The SMILES string of the molecule is CCN(CC)CCNCC1COc2ccccc2C1. The van der Waals surface area contributed by atoms with Crippen molar-refractivity contribution in [2.45, 2.75) is 20.3 Å². The third kappa shape index (κ3) is 4.22. The molecule has 106 valence electrons. The van der Waals surface area contributed by atoms with Crippen molar-refractivity contribution >= 4 is 0 Å². The molecule has 1 heterocycles. The van der Waals surface area contributed by atoms with E-state index in [1.807, 2.05) is 6.07 Å². The maximum absolute atomic E-state index is 5.81. The molecule has 0 amide bonds. The molecule has 1 aliphatic rings. The van der Waals surface area contributed by atoms with E-state index in [1.54, 1.807) is 0 Å². The molecular formula is C16H26N2O. The molecule has 1 unspecified atom stereocenters. The molecule has 0 aliphatic carbocycles. The molecule has 0 bridgehead atoms. The van der Waals surface area contributed by atoms with Gasteiger partial charge in [0.1, 0.15) is 5.75 Å². The lowest BCUT2D eigenvalue weighted by Crippen LogP contribution is -2.36. The number of hydrogen-bond donors (Lipinski definition) is 1. The fourth-order valence-corrected chi connectivity index (χ4v) is 2.61. The van der Waals surface area contributed by atoms with Gasteiger partial charge >= 0.3 is 0 Å². The zero-order valence-electron chi connectivity index (χ0n) is 12.2. The Bertz CT molecular complexity index is 377. The lowest BCUT2D eigenvalue weighted by atomic mass is 9.97. The van der Waals surface area contributed by atoms with Gasteiger partial charge in [0.2, 0.25) is 0 Å². The van der Waals surface area contributed by atoms with Gasteiger partial charge in [0.25, 0.3) is 0 Å². The number of nitrogens with zero attached hydrogens (tertiary/aromatic N) is 1. The second-order valence-electron chi connectivity index (χ2n) is 5.22. The van der Waals surface area contributed by atoms with E-state index >= 15 is 0 Å². The summed E-state index contributed by atoms with van der Waals surface area (Å²) in [6.07, 6.45) is 1.13. The molecule has 0 spiro atoms. The van der Waals surface area contributed by atoms with Crippen LogP contribution in [0.4, 0.5) is 0 Å². The number of benzene rings is 1. The fraction of sp³-hybridized carbons (Fsp3) is 0.625. The minimum absolute atomic E-state index is 0.603. The molecule has 1 aromatic rings. The third-order valence-electron chi connectivity index (χ3n) is 3.89. The Labute approximate surface area is 116 Å². The van der Waals surface area contributed by atoms with Gasteiger partial charge in [-0.25, -0.2) is 0 Å². The highest BCUT2D eigenvalue weighted by atomic mass is 16.5. The van der Waals surface area contributed by atoms with Crippen LogP contribution in [-0.4, -0.2) is 44.2 Å². The van der Waals surface area contributed by atoms with Gasteiger partial charge in [-0.1, -0.05) is 32.0 Å². The number of para-hydroxylation sites is 1. The van der Waals surface area contributed by atoms with E-state index < -0.39 is 0 Å². The van der Waals surface area contributed by atoms with Gasteiger partial charge in [0.05, 0.1) is 6.61 Å². The quantitative estimate of drug-likeness (QED) is 0.762. The predicted octanol–water partition coefficient (Wildman–Crippen LogP) is 2.17. The van der Waals surface area contributed by atoms with E-state index in [0.717, 1.165) is 51.5 Å². The Hall–Kier alpha value is -1.06. The average molecular weight is 262 g/mol. The molecule has 0 fully saturated rings. The highest BCUT2D eigenvalue weighted by Crippen LogP contribution is 2.26. The van der Waals surface area contributed by atoms with Crippen molar-refractivity contribution in [2.75, 3.05) is 39.3 Å². The number of fused-ring (bicyclic) bond motifs is 1. The van der Waals surface area contributed by atoms with Gasteiger partial charge in [-0.15, -0.1) is 0 Å². The van der Waals surface area contributed by atoms with Crippen LogP contribution in [0.3, 0.4) is 0 Å². The van der Waals surface area contributed by atoms with Crippen molar-refractivity contribution in [3.8, 4) is 5.75 Å². The zero-order chi connectivity index (χ0) is 13.5. The zero-order valence-corrected chi connectivity index (χ0v) is 12.2. The van der Waals surface area contributed by atoms with Gasteiger partial charge < -0.3 is 15.0 Å². The average Bonchev–Trinajstić information content (AvgIpc) is 2.47. The van der Waals surface area contributed by atoms with E-state index in [2.05, 4.69) is 42.3 Å². The summed E-state index contributed by atoms with van der Waals surface area (Å²) in [5.74, 6) is 1.67. The van der Waals surface area contributed by atoms with Crippen molar-refractivity contribution in [3.63, 3.8) is 0 Å². The van der Waals surface area contributed by atoms with Crippen LogP contribution in [0.1, 0.15) is 19.4 Å². The van der Waals surface area contributed by atoms with Crippen molar-refractivity contribution in [1.29, 1.82) is 0 Å². The molecule has 2 rings (SSSR count). The Morgan fingerprint density at radius 1 is 1.26 bits per heavy atom. The number of likely N-dealkylation sites (N-methyl/N-ethyl adjacent to an activating group) is 1. The highest BCUT2D eigenvalue weighted by Gasteiger charge is 2.18. The Kier molecular flexibility index (Phi) is 5.67. The van der Waals surface area contributed by atoms with Crippen LogP contribution < -0.4 is 10.1 Å². The Morgan fingerprint density at radius 2 is 2.05 bits per heavy atom. The second kappa shape index (κ2) is 7.51. The minimum Gasteiger partial charge on any atom is -0.493 e. The maximum Gasteiger partial charge on any atom is 0.122 e. The third-order valence-corrected chi connectivity index (χ3v) is 3.89. The van der Waals surface area contributed by atoms with Crippen LogP contribution in [0.5, 0.6) is 5.75 Å². The standard InChI is InChI=1S/C16H26N2O/c1-3-18(4-2)10-9-17-12-14-11-15-7-5-6-8-16(15)19-13-14/h5-8,14,17H,3-4,9-13H2,1-2H3. The Balaban J connectivity index is 1.68. The van der Waals surface area contributed by atoms with E-state index in [0.29, 0.717) is 5.92 Å². The largest absolute Gasteiger partial charge is 0.493 e. The van der Waals surface area contributed by atoms with Crippen LogP contribution in [0.15, 0.2) is 24.3 Å². The topological polar surface area (TPSA) is 24.5 Å². The molecule has 0 saturated carbocycles. The van der Waals surface area contributed by atoms with Crippen LogP contribution in [-0.2, 0) is 6.42 Å². The summed E-state index contributed by atoms with van der Waals surface area (Å²) < 4.78 is 5.81. The lowest BCUT2D eigenvalue weighted by Gasteiger charge is -2.26. The van der Waals surface area contributed by atoms with E-state index in [-0.39, 0.29) is 0 Å². The summed E-state index contributed by atoms with van der Waals surface area (Å²) in [5.41, 5.74) is 1.35. The van der Waals surface area contributed by atoms with Crippen molar-refractivity contribution in [3.05, 3.63) is 29.8 Å². The molecule has 1 atom stereocenters. The molecule has 1 N–H and O–H groups in total. The summed E-state index contributed by atoms with van der Waals surface area (Å²) in [6.45, 7) is 10.8. The van der Waals surface area contributed by atoms with Gasteiger partial charge in [-0.05, 0) is 31.1 Å². The molecule has 1 aliphatic heterocycles. The molecule has 3 heteroatoms. The Morgan fingerprint density at radius 3 is 2.84 bits per heavy atom.